The minimum absolute atomic E-state index is 0.114. The minimum Gasteiger partial charge on any atom is -0.489 e. The van der Waals surface area contributed by atoms with Crippen LogP contribution in [0.2, 0.25) is 0 Å². The van der Waals surface area contributed by atoms with Crippen LogP contribution >= 0.6 is 0 Å². The highest BCUT2D eigenvalue weighted by Crippen LogP contribution is 2.27. The Kier molecular flexibility index (Phi) is 9.17. The molecule has 0 aliphatic carbocycles. The van der Waals surface area contributed by atoms with Crippen LogP contribution in [0.4, 0.5) is 5.69 Å². The van der Waals surface area contributed by atoms with Gasteiger partial charge in [0, 0.05) is 0 Å². The Morgan fingerprint density at radius 2 is 1.56 bits per heavy atom. The molecule has 0 aliphatic rings. The summed E-state index contributed by atoms with van der Waals surface area (Å²) in [6, 6.07) is 35.6. The van der Waals surface area contributed by atoms with Crippen LogP contribution in [0.25, 0.3) is 10.8 Å². The van der Waals surface area contributed by atoms with Gasteiger partial charge in [0.15, 0.2) is 0 Å². The molecule has 0 unspecified atom stereocenters. The van der Waals surface area contributed by atoms with Crippen LogP contribution < -0.4 is 14.5 Å². The van der Waals surface area contributed by atoms with E-state index in [4.69, 9.17) is 4.74 Å². The second-order valence-corrected chi connectivity index (χ2v) is 12.0. The molecule has 1 N–H and O–H groups in total. The highest BCUT2D eigenvalue weighted by Gasteiger charge is 2.28. The van der Waals surface area contributed by atoms with E-state index in [0.717, 1.165) is 26.6 Å². The Morgan fingerprint density at radius 1 is 0.860 bits per heavy atom. The predicted molar refractivity (Wildman–Crippen MR) is 172 cm³/mol. The van der Waals surface area contributed by atoms with Crippen LogP contribution in [0.15, 0.2) is 125 Å². The van der Waals surface area contributed by atoms with E-state index in [9.17, 15) is 13.2 Å². The number of hydrogen-bond acceptors (Lipinski definition) is 5. The van der Waals surface area contributed by atoms with Gasteiger partial charge in [0.25, 0.3) is 15.9 Å². The van der Waals surface area contributed by atoms with Gasteiger partial charge in [-0.1, -0.05) is 79.2 Å². The number of hydrazone groups is 1. The van der Waals surface area contributed by atoms with Gasteiger partial charge < -0.3 is 4.74 Å². The first kappa shape index (κ1) is 29.5. The molecule has 0 spiro atoms. The number of carbonyl (C=O) groups is 1. The molecule has 0 atom stereocenters. The van der Waals surface area contributed by atoms with E-state index in [0.29, 0.717) is 24.5 Å². The number of carbonyl (C=O) groups excluding carboxylic acids is 1. The van der Waals surface area contributed by atoms with Crippen molar-refractivity contribution in [2.75, 3.05) is 10.8 Å². The van der Waals surface area contributed by atoms with Gasteiger partial charge >= 0.3 is 0 Å². The van der Waals surface area contributed by atoms with Crippen molar-refractivity contribution >= 4 is 38.6 Å². The highest BCUT2D eigenvalue weighted by molar-refractivity contribution is 7.92. The van der Waals surface area contributed by atoms with E-state index in [1.807, 2.05) is 62.4 Å². The Hall–Kier alpha value is -4.95. The summed E-state index contributed by atoms with van der Waals surface area (Å²) in [7, 11) is -4.01. The average molecular weight is 592 g/mol. The second kappa shape index (κ2) is 13.4. The smallest absolute Gasteiger partial charge is 0.264 e. The zero-order valence-corrected chi connectivity index (χ0v) is 24.9. The fraction of sp³-hybridized carbons (Fsp3) is 0.143. The third-order valence-corrected chi connectivity index (χ3v) is 8.81. The normalized spacial score (nSPS) is 11.5. The number of benzene rings is 5. The molecule has 0 aliphatic heterocycles. The summed E-state index contributed by atoms with van der Waals surface area (Å²) in [6.45, 7) is 3.85. The van der Waals surface area contributed by atoms with Crippen molar-refractivity contribution in [3.8, 4) is 5.75 Å². The first-order chi connectivity index (χ1) is 20.8. The van der Waals surface area contributed by atoms with Gasteiger partial charge in [0.05, 0.1) is 16.8 Å². The Morgan fingerprint density at radius 3 is 2.30 bits per heavy atom. The number of fused-ring (bicyclic) bond motifs is 1. The lowest BCUT2D eigenvalue weighted by atomic mass is 10.1. The quantitative estimate of drug-likeness (QED) is 0.138. The predicted octanol–water partition coefficient (Wildman–Crippen LogP) is 6.64. The zero-order valence-electron chi connectivity index (χ0n) is 24.1. The van der Waals surface area contributed by atoms with Gasteiger partial charge in [-0.15, -0.1) is 0 Å². The summed E-state index contributed by atoms with van der Waals surface area (Å²) < 4.78 is 34.4. The van der Waals surface area contributed by atoms with Crippen molar-refractivity contribution in [1.29, 1.82) is 0 Å². The molecule has 0 fully saturated rings. The standard InChI is InChI=1S/C35H33N3O4S/c1-3-29-8-6-7-11-34(29)38(43(40,41)33-20-12-26(2)13-21-33)24-35(39)37-36-23-27-15-18-32(19-16-27)42-25-28-14-17-30-9-4-5-10-31(30)22-28/h4-23H,3,24-25H2,1-2H3,(H,37,39)/b36-23-. The summed E-state index contributed by atoms with van der Waals surface area (Å²) in [4.78, 5) is 13.1. The Bertz CT molecular complexity index is 1850. The van der Waals surface area contributed by atoms with Crippen LogP contribution in [-0.2, 0) is 27.8 Å². The maximum Gasteiger partial charge on any atom is 0.264 e. The fourth-order valence-electron chi connectivity index (χ4n) is 4.68. The second-order valence-electron chi connectivity index (χ2n) is 10.1. The molecule has 5 rings (SSSR count). The molecule has 0 saturated heterocycles. The molecular formula is C35H33N3O4S. The molecule has 0 heterocycles. The number of aryl methyl sites for hydroxylation is 2. The van der Waals surface area contributed by atoms with E-state index < -0.39 is 22.5 Å². The average Bonchev–Trinajstić information content (AvgIpc) is 3.03. The van der Waals surface area contributed by atoms with Gasteiger partial charge in [0.2, 0.25) is 0 Å². The maximum atomic E-state index is 13.7. The lowest BCUT2D eigenvalue weighted by Crippen LogP contribution is -2.40. The molecule has 0 radical (unpaired) electrons. The first-order valence-electron chi connectivity index (χ1n) is 14.0. The summed E-state index contributed by atoms with van der Waals surface area (Å²) in [5, 5.41) is 6.42. The van der Waals surface area contributed by atoms with Crippen molar-refractivity contribution in [1.82, 2.24) is 5.43 Å². The third kappa shape index (κ3) is 7.28. The summed E-state index contributed by atoms with van der Waals surface area (Å²) in [6.07, 6.45) is 2.11. The van der Waals surface area contributed by atoms with E-state index in [-0.39, 0.29) is 4.90 Å². The van der Waals surface area contributed by atoms with Crippen molar-refractivity contribution in [2.24, 2.45) is 5.10 Å². The molecule has 0 aromatic heterocycles. The SMILES string of the molecule is CCc1ccccc1N(CC(=O)N/N=C\c1ccc(OCc2ccc3ccccc3c2)cc1)S(=O)(=O)c1ccc(C)cc1. The van der Waals surface area contributed by atoms with Crippen LogP contribution in [0.3, 0.4) is 0 Å². The highest BCUT2D eigenvalue weighted by atomic mass is 32.2. The van der Waals surface area contributed by atoms with Gasteiger partial charge in [-0.25, -0.2) is 13.8 Å². The van der Waals surface area contributed by atoms with E-state index >= 15 is 0 Å². The lowest BCUT2D eigenvalue weighted by Gasteiger charge is -2.25. The number of hydrogen-bond donors (Lipinski definition) is 1. The third-order valence-electron chi connectivity index (χ3n) is 7.04. The number of ether oxygens (including phenoxy) is 1. The molecule has 218 valence electrons. The van der Waals surface area contributed by atoms with Crippen LogP contribution in [-0.4, -0.2) is 27.1 Å². The molecule has 1 amide bonds. The number of rotatable bonds is 11. The fourth-order valence-corrected chi connectivity index (χ4v) is 6.14. The largest absolute Gasteiger partial charge is 0.489 e. The van der Waals surface area contributed by atoms with E-state index in [1.165, 1.54) is 17.0 Å². The lowest BCUT2D eigenvalue weighted by molar-refractivity contribution is -0.119. The van der Waals surface area contributed by atoms with Crippen LogP contribution in [0, 0.1) is 6.92 Å². The van der Waals surface area contributed by atoms with Crippen molar-refractivity contribution in [3.05, 3.63) is 138 Å². The van der Waals surface area contributed by atoms with Gasteiger partial charge in [-0.3, -0.25) is 9.10 Å². The van der Waals surface area contributed by atoms with Gasteiger partial charge in [-0.2, -0.15) is 5.10 Å². The van der Waals surface area contributed by atoms with E-state index in [2.05, 4.69) is 40.9 Å². The molecule has 0 bridgehead atoms. The Balaban J connectivity index is 1.23. The molecule has 7 nitrogen and oxygen atoms in total. The summed E-state index contributed by atoms with van der Waals surface area (Å²) >= 11 is 0. The van der Waals surface area contributed by atoms with Crippen molar-refractivity contribution in [3.63, 3.8) is 0 Å². The van der Waals surface area contributed by atoms with E-state index in [1.54, 1.807) is 36.4 Å². The van der Waals surface area contributed by atoms with Gasteiger partial charge in [-0.05, 0) is 89.3 Å². The van der Waals surface area contributed by atoms with Crippen LogP contribution in [0.1, 0.15) is 29.2 Å². The number of nitrogens with one attached hydrogen (secondary N) is 1. The van der Waals surface area contributed by atoms with Crippen molar-refractivity contribution in [2.45, 2.75) is 31.8 Å². The summed E-state index contributed by atoms with van der Waals surface area (Å²) in [5.74, 6) is 0.147. The topological polar surface area (TPSA) is 88.1 Å². The van der Waals surface area contributed by atoms with Crippen LogP contribution in [0.5, 0.6) is 5.75 Å². The molecular weight excluding hydrogens is 558 g/mol. The van der Waals surface area contributed by atoms with Crippen molar-refractivity contribution < 1.29 is 17.9 Å². The monoisotopic (exact) mass is 591 g/mol. The molecule has 5 aromatic rings. The molecule has 0 saturated carbocycles. The zero-order chi connectivity index (χ0) is 30.2. The number of sulfonamides is 1. The van der Waals surface area contributed by atoms with Gasteiger partial charge in [0.1, 0.15) is 18.9 Å². The maximum absolute atomic E-state index is 13.7. The summed E-state index contributed by atoms with van der Waals surface area (Å²) in [5.41, 5.74) is 6.52. The first-order valence-corrected chi connectivity index (χ1v) is 15.5. The molecule has 5 aromatic carbocycles. The minimum atomic E-state index is -4.01. The number of anilines is 1. The number of para-hydroxylation sites is 1. The number of amides is 1. The number of nitrogens with zero attached hydrogens (tertiary/aromatic N) is 2. The molecule has 43 heavy (non-hydrogen) atoms. The Labute approximate surface area is 252 Å². The molecule has 8 heteroatoms.